The summed E-state index contributed by atoms with van der Waals surface area (Å²) in [6.45, 7) is 11.2. The molecule has 0 aliphatic rings. The van der Waals surface area contributed by atoms with Crippen LogP contribution in [0.1, 0.15) is 59.8 Å². The minimum absolute atomic E-state index is 0.618. The Morgan fingerprint density at radius 2 is 1.53 bits per heavy atom. The average Bonchev–Trinajstić information content (AvgIpc) is 2.17. The van der Waals surface area contributed by atoms with Crippen molar-refractivity contribution in [3.05, 3.63) is 0 Å². The molecule has 0 aliphatic carbocycles. The Morgan fingerprint density at radius 3 is 2.13 bits per heavy atom. The Morgan fingerprint density at radius 1 is 0.867 bits per heavy atom. The second kappa shape index (κ2) is 10.4. The summed E-state index contributed by atoms with van der Waals surface area (Å²) >= 11 is 0. The predicted octanol–water partition coefficient (Wildman–Crippen LogP) is 2.93. The first kappa shape index (κ1) is 14.9. The number of hydrogen-bond donors (Lipinski definition) is 2. The van der Waals surface area contributed by atoms with Crippen molar-refractivity contribution in [3.8, 4) is 0 Å². The van der Waals surface area contributed by atoms with Gasteiger partial charge in [0.1, 0.15) is 0 Å². The molecule has 0 bridgehead atoms. The van der Waals surface area contributed by atoms with Gasteiger partial charge in [-0.15, -0.1) is 0 Å². The first-order valence-electron chi connectivity index (χ1n) is 6.63. The molecule has 0 spiro atoms. The molecule has 0 saturated heterocycles. The Kier molecular flexibility index (Phi) is 10.4. The van der Waals surface area contributed by atoms with E-state index in [0.717, 1.165) is 13.1 Å². The molecule has 15 heavy (non-hydrogen) atoms. The van der Waals surface area contributed by atoms with Crippen LogP contribution in [0.4, 0.5) is 0 Å². The van der Waals surface area contributed by atoms with E-state index in [1.807, 2.05) is 0 Å². The van der Waals surface area contributed by atoms with Gasteiger partial charge in [-0.3, -0.25) is 0 Å². The Labute approximate surface area is 96.2 Å². The Bertz CT molecular complexity index is 124. The van der Waals surface area contributed by atoms with Gasteiger partial charge in [-0.2, -0.15) is 0 Å². The van der Waals surface area contributed by atoms with Crippen molar-refractivity contribution in [2.24, 2.45) is 0 Å². The summed E-state index contributed by atoms with van der Waals surface area (Å²) in [5.41, 5.74) is 0. The summed E-state index contributed by atoms with van der Waals surface area (Å²) < 4.78 is 0. The molecule has 0 aliphatic heterocycles. The normalized spacial score (nSPS) is 13.4. The fourth-order valence-electron chi connectivity index (χ4n) is 1.63. The maximum Gasteiger partial charge on any atom is 0.00387 e. The number of rotatable bonds is 10. The van der Waals surface area contributed by atoms with Crippen molar-refractivity contribution in [2.45, 2.75) is 71.9 Å². The molecule has 0 rings (SSSR count). The summed E-state index contributed by atoms with van der Waals surface area (Å²) in [6.07, 6.45) is 6.63. The lowest BCUT2D eigenvalue weighted by Gasteiger charge is -2.14. The van der Waals surface area contributed by atoms with Gasteiger partial charge in [0.15, 0.2) is 0 Å². The summed E-state index contributed by atoms with van der Waals surface area (Å²) in [4.78, 5) is 0. The highest BCUT2D eigenvalue weighted by atomic mass is 14.9. The Hall–Kier alpha value is -0.0800. The zero-order valence-corrected chi connectivity index (χ0v) is 11.1. The molecule has 92 valence electrons. The minimum atomic E-state index is 0.618. The topological polar surface area (TPSA) is 24.1 Å². The van der Waals surface area contributed by atoms with Crippen LogP contribution >= 0.6 is 0 Å². The number of unbranched alkanes of at least 4 members (excludes halogenated alkanes) is 2. The number of hydrogen-bond acceptors (Lipinski definition) is 2. The van der Waals surface area contributed by atoms with Gasteiger partial charge in [0.25, 0.3) is 0 Å². The first-order valence-corrected chi connectivity index (χ1v) is 6.63. The van der Waals surface area contributed by atoms with E-state index in [4.69, 9.17) is 0 Å². The zero-order valence-electron chi connectivity index (χ0n) is 11.1. The van der Waals surface area contributed by atoms with Gasteiger partial charge < -0.3 is 10.6 Å². The van der Waals surface area contributed by atoms with E-state index in [9.17, 15) is 0 Å². The number of nitrogens with one attached hydrogen (secondary N) is 2. The molecule has 0 amide bonds. The van der Waals surface area contributed by atoms with E-state index in [1.54, 1.807) is 0 Å². The quantitative estimate of drug-likeness (QED) is 0.546. The van der Waals surface area contributed by atoms with E-state index in [-0.39, 0.29) is 0 Å². The smallest absolute Gasteiger partial charge is 0.00387 e. The molecule has 0 aromatic carbocycles. The second-order valence-corrected chi connectivity index (χ2v) is 4.81. The molecule has 0 aromatic rings. The van der Waals surface area contributed by atoms with Crippen LogP contribution in [-0.4, -0.2) is 25.2 Å². The third-order valence-corrected chi connectivity index (χ3v) is 2.64. The SMILES string of the molecule is CCCCCC(C)NCCCNC(C)C. The van der Waals surface area contributed by atoms with Gasteiger partial charge in [-0.1, -0.05) is 40.0 Å². The summed E-state index contributed by atoms with van der Waals surface area (Å²) in [5, 5.41) is 7.01. The first-order chi connectivity index (χ1) is 7.16. The molecule has 0 radical (unpaired) electrons. The zero-order chi connectivity index (χ0) is 11.5. The minimum Gasteiger partial charge on any atom is -0.314 e. The van der Waals surface area contributed by atoms with Gasteiger partial charge >= 0.3 is 0 Å². The molecule has 0 fully saturated rings. The molecule has 0 aromatic heterocycles. The molecule has 2 nitrogen and oxygen atoms in total. The van der Waals surface area contributed by atoms with E-state index in [1.165, 1.54) is 32.1 Å². The van der Waals surface area contributed by atoms with Crippen LogP contribution in [0, 0.1) is 0 Å². The van der Waals surface area contributed by atoms with Crippen LogP contribution in [0.15, 0.2) is 0 Å². The van der Waals surface area contributed by atoms with Gasteiger partial charge in [0.05, 0.1) is 0 Å². The third-order valence-electron chi connectivity index (χ3n) is 2.64. The van der Waals surface area contributed by atoms with Gasteiger partial charge in [0.2, 0.25) is 0 Å². The largest absolute Gasteiger partial charge is 0.314 e. The van der Waals surface area contributed by atoms with Crippen LogP contribution in [0.25, 0.3) is 0 Å². The van der Waals surface area contributed by atoms with E-state index in [0.29, 0.717) is 12.1 Å². The maximum absolute atomic E-state index is 3.58. The van der Waals surface area contributed by atoms with Gasteiger partial charge in [0, 0.05) is 12.1 Å². The molecule has 1 atom stereocenters. The van der Waals surface area contributed by atoms with Crippen LogP contribution in [0.5, 0.6) is 0 Å². The summed E-state index contributed by atoms with van der Waals surface area (Å²) in [7, 11) is 0. The standard InChI is InChI=1S/C13H30N2/c1-5-6-7-9-13(4)15-11-8-10-14-12(2)3/h12-15H,5-11H2,1-4H3. The van der Waals surface area contributed by atoms with Crippen molar-refractivity contribution < 1.29 is 0 Å². The predicted molar refractivity (Wildman–Crippen MR) is 69.4 cm³/mol. The monoisotopic (exact) mass is 214 g/mol. The van der Waals surface area contributed by atoms with Crippen LogP contribution in [0.3, 0.4) is 0 Å². The fourth-order valence-corrected chi connectivity index (χ4v) is 1.63. The van der Waals surface area contributed by atoms with Crippen molar-refractivity contribution in [1.29, 1.82) is 0 Å². The molecule has 2 heteroatoms. The molecular formula is C13H30N2. The molecular weight excluding hydrogens is 184 g/mol. The lowest BCUT2D eigenvalue weighted by Crippen LogP contribution is -2.30. The molecule has 1 unspecified atom stereocenters. The summed E-state index contributed by atoms with van der Waals surface area (Å²) in [5.74, 6) is 0. The average molecular weight is 214 g/mol. The van der Waals surface area contributed by atoms with Crippen LogP contribution in [-0.2, 0) is 0 Å². The molecule has 0 saturated carbocycles. The van der Waals surface area contributed by atoms with Gasteiger partial charge in [-0.25, -0.2) is 0 Å². The highest BCUT2D eigenvalue weighted by Gasteiger charge is 1.99. The highest BCUT2D eigenvalue weighted by molar-refractivity contribution is 4.61. The maximum atomic E-state index is 3.58. The van der Waals surface area contributed by atoms with Crippen LogP contribution in [0.2, 0.25) is 0 Å². The van der Waals surface area contributed by atoms with Crippen molar-refractivity contribution in [1.82, 2.24) is 10.6 Å². The lowest BCUT2D eigenvalue weighted by molar-refractivity contribution is 0.470. The summed E-state index contributed by atoms with van der Waals surface area (Å²) in [6, 6.07) is 1.31. The van der Waals surface area contributed by atoms with Crippen molar-refractivity contribution >= 4 is 0 Å². The Balaban J connectivity index is 3.13. The van der Waals surface area contributed by atoms with E-state index >= 15 is 0 Å². The molecule has 2 N–H and O–H groups in total. The lowest BCUT2D eigenvalue weighted by atomic mass is 10.1. The second-order valence-electron chi connectivity index (χ2n) is 4.81. The van der Waals surface area contributed by atoms with Crippen molar-refractivity contribution in [3.63, 3.8) is 0 Å². The highest BCUT2D eigenvalue weighted by Crippen LogP contribution is 2.02. The van der Waals surface area contributed by atoms with Crippen molar-refractivity contribution in [2.75, 3.05) is 13.1 Å². The fraction of sp³-hybridized carbons (Fsp3) is 1.00. The third kappa shape index (κ3) is 11.8. The van der Waals surface area contributed by atoms with Crippen LogP contribution < -0.4 is 10.6 Å². The van der Waals surface area contributed by atoms with Gasteiger partial charge in [-0.05, 0) is 32.9 Å². The van der Waals surface area contributed by atoms with E-state index in [2.05, 4.69) is 38.3 Å². The van der Waals surface area contributed by atoms with E-state index < -0.39 is 0 Å². The molecule has 0 heterocycles.